The Morgan fingerprint density at radius 3 is 3.00 bits per heavy atom. The zero-order valence-electron chi connectivity index (χ0n) is 11.3. The molecule has 0 saturated heterocycles. The van der Waals surface area contributed by atoms with Gasteiger partial charge in [0.1, 0.15) is 11.5 Å². The van der Waals surface area contributed by atoms with E-state index in [0.29, 0.717) is 18.8 Å². The maximum absolute atomic E-state index is 13.0. The van der Waals surface area contributed by atoms with Crippen LogP contribution in [0.15, 0.2) is 24.3 Å². The average Bonchev–Trinajstić information content (AvgIpc) is 2.77. The van der Waals surface area contributed by atoms with Crippen molar-refractivity contribution in [3.63, 3.8) is 0 Å². The van der Waals surface area contributed by atoms with E-state index in [4.69, 9.17) is 4.74 Å². The number of amides is 1. The number of methoxy groups -OCH3 is 1. The third-order valence-corrected chi connectivity index (χ3v) is 2.68. The molecular formula is C13H15FN4O2. The summed E-state index contributed by atoms with van der Waals surface area (Å²) in [5, 5.41) is 6.88. The van der Waals surface area contributed by atoms with Crippen molar-refractivity contribution in [1.82, 2.24) is 14.8 Å². The summed E-state index contributed by atoms with van der Waals surface area (Å²) in [4.78, 5) is 15.5. The van der Waals surface area contributed by atoms with Gasteiger partial charge in [0.2, 0.25) is 5.95 Å². The van der Waals surface area contributed by atoms with Crippen LogP contribution in [0.2, 0.25) is 0 Å². The molecule has 2 rings (SSSR count). The summed E-state index contributed by atoms with van der Waals surface area (Å²) in [5.74, 6) is -0.651. The van der Waals surface area contributed by atoms with Crippen molar-refractivity contribution in [2.75, 3.05) is 19.0 Å². The van der Waals surface area contributed by atoms with Crippen LogP contribution in [0.4, 0.5) is 10.2 Å². The van der Waals surface area contributed by atoms with E-state index in [0.717, 1.165) is 5.69 Å². The van der Waals surface area contributed by atoms with Crippen LogP contribution < -0.4 is 5.32 Å². The minimum absolute atomic E-state index is 0.0182. The molecule has 1 N–H and O–H groups in total. The lowest BCUT2D eigenvalue weighted by molar-refractivity contribution is 0.102. The van der Waals surface area contributed by atoms with Gasteiger partial charge in [-0.2, -0.15) is 9.49 Å². The molecule has 1 amide bonds. The van der Waals surface area contributed by atoms with Crippen LogP contribution in [0.1, 0.15) is 16.2 Å². The van der Waals surface area contributed by atoms with E-state index in [1.54, 1.807) is 24.9 Å². The number of aryl methyl sites for hydroxylation is 1. The number of ether oxygens (including phenoxy) is 1. The molecular weight excluding hydrogens is 263 g/mol. The smallest absolute Gasteiger partial charge is 0.275 e. The lowest BCUT2D eigenvalue weighted by atomic mass is 10.3. The van der Waals surface area contributed by atoms with Crippen molar-refractivity contribution in [2.24, 2.45) is 7.05 Å². The van der Waals surface area contributed by atoms with E-state index in [1.165, 1.54) is 18.2 Å². The highest BCUT2D eigenvalue weighted by molar-refractivity contribution is 6.02. The predicted molar refractivity (Wildman–Crippen MR) is 70.9 cm³/mol. The first-order valence-electron chi connectivity index (χ1n) is 6.06. The molecule has 0 radical (unpaired) electrons. The molecule has 6 nitrogen and oxygen atoms in total. The summed E-state index contributed by atoms with van der Waals surface area (Å²) in [6, 6.07) is 5.81. The fourth-order valence-corrected chi connectivity index (χ4v) is 1.69. The van der Waals surface area contributed by atoms with E-state index in [9.17, 15) is 9.18 Å². The standard InChI is InChI=1S/C13H15FN4O2/c1-18-12(8-9(17-18)6-7-20-2)16-13(19)10-4-3-5-11(14)15-10/h3-5,8H,6-7H2,1-2H3,(H,16,19). The first-order valence-corrected chi connectivity index (χ1v) is 6.06. The van der Waals surface area contributed by atoms with Crippen molar-refractivity contribution < 1.29 is 13.9 Å². The van der Waals surface area contributed by atoms with Crippen LogP contribution in [0.5, 0.6) is 0 Å². The molecule has 0 aliphatic carbocycles. The fraction of sp³-hybridized carbons (Fsp3) is 0.308. The van der Waals surface area contributed by atoms with Gasteiger partial charge in [-0.1, -0.05) is 6.07 Å². The Labute approximate surface area is 115 Å². The minimum atomic E-state index is -0.691. The number of anilines is 1. The predicted octanol–water partition coefficient (Wildman–Crippen LogP) is 1.40. The normalized spacial score (nSPS) is 10.6. The van der Waals surface area contributed by atoms with Crippen LogP contribution >= 0.6 is 0 Å². The van der Waals surface area contributed by atoms with Crippen molar-refractivity contribution in [3.05, 3.63) is 41.6 Å². The SMILES string of the molecule is COCCc1cc(NC(=O)c2cccc(F)n2)n(C)n1. The Kier molecular flexibility index (Phi) is 4.41. The molecule has 2 heterocycles. The van der Waals surface area contributed by atoms with Crippen molar-refractivity contribution in [2.45, 2.75) is 6.42 Å². The van der Waals surface area contributed by atoms with Gasteiger partial charge in [0, 0.05) is 26.6 Å². The molecule has 0 aromatic carbocycles. The van der Waals surface area contributed by atoms with E-state index in [-0.39, 0.29) is 5.69 Å². The maximum atomic E-state index is 13.0. The zero-order chi connectivity index (χ0) is 14.5. The second kappa shape index (κ2) is 6.25. The van der Waals surface area contributed by atoms with Gasteiger partial charge >= 0.3 is 0 Å². The van der Waals surface area contributed by atoms with Crippen molar-refractivity contribution in [1.29, 1.82) is 0 Å². The Bertz CT molecular complexity index is 612. The number of aromatic nitrogens is 3. The molecule has 0 atom stereocenters. The van der Waals surface area contributed by atoms with Gasteiger partial charge in [0.15, 0.2) is 0 Å². The Morgan fingerprint density at radius 2 is 2.30 bits per heavy atom. The van der Waals surface area contributed by atoms with Gasteiger partial charge in [-0.3, -0.25) is 9.48 Å². The number of carbonyl (C=O) groups is 1. The molecule has 0 aliphatic rings. The third-order valence-electron chi connectivity index (χ3n) is 2.68. The number of carbonyl (C=O) groups excluding carboxylic acids is 1. The van der Waals surface area contributed by atoms with Gasteiger partial charge < -0.3 is 10.1 Å². The molecule has 106 valence electrons. The minimum Gasteiger partial charge on any atom is -0.384 e. The van der Waals surface area contributed by atoms with Gasteiger partial charge in [0.05, 0.1) is 12.3 Å². The van der Waals surface area contributed by atoms with E-state index >= 15 is 0 Å². The van der Waals surface area contributed by atoms with Crippen LogP contribution in [-0.4, -0.2) is 34.4 Å². The number of pyridine rings is 1. The van der Waals surface area contributed by atoms with Gasteiger partial charge in [-0.05, 0) is 12.1 Å². The summed E-state index contributed by atoms with van der Waals surface area (Å²) in [6.45, 7) is 0.551. The zero-order valence-corrected chi connectivity index (χ0v) is 11.3. The second-order valence-electron chi connectivity index (χ2n) is 4.19. The lowest BCUT2D eigenvalue weighted by Gasteiger charge is -2.04. The van der Waals surface area contributed by atoms with Gasteiger partial charge in [-0.15, -0.1) is 0 Å². The summed E-state index contributed by atoms with van der Waals surface area (Å²) >= 11 is 0. The van der Waals surface area contributed by atoms with Crippen molar-refractivity contribution >= 4 is 11.7 Å². The van der Waals surface area contributed by atoms with Gasteiger partial charge in [0.25, 0.3) is 5.91 Å². The molecule has 2 aromatic heterocycles. The molecule has 0 spiro atoms. The largest absolute Gasteiger partial charge is 0.384 e. The van der Waals surface area contributed by atoms with Gasteiger partial charge in [-0.25, -0.2) is 4.98 Å². The van der Waals surface area contributed by atoms with Crippen LogP contribution in [0.3, 0.4) is 0 Å². The monoisotopic (exact) mass is 278 g/mol. The van der Waals surface area contributed by atoms with Crippen LogP contribution in [-0.2, 0) is 18.2 Å². The van der Waals surface area contributed by atoms with E-state index in [1.807, 2.05) is 0 Å². The molecule has 0 bridgehead atoms. The van der Waals surface area contributed by atoms with Crippen LogP contribution in [0, 0.1) is 5.95 Å². The average molecular weight is 278 g/mol. The highest BCUT2D eigenvalue weighted by Gasteiger charge is 2.12. The van der Waals surface area contributed by atoms with E-state index in [2.05, 4.69) is 15.4 Å². The lowest BCUT2D eigenvalue weighted by Crippen LogP contribution is -2.16. The molecule has 0 unspecified atom stereocenters. The summed E-state index contributed by atoms with van der Waals surface area (Å²) < 4.78 is 19.5. The molecule has 7 heteroatoms. The molecule has 0 saturated carbocycles. The maximum Gasteiger partial charge on any atom is 0.275 e. The number of rotatable bonds is 5. The number of nitrogens with one attached hydrogen (secondary N) is 1. The highest BCUT2D eigenvalue weighted by atomic mass is 19.1. The summed E-state index contributed by atoms with van der Waals surface area (Å²) in [5.41, 5.74) is 0.821. The topological polar surface area (TPSA) is 69.0 Å². The Balaban J connectivity index is 2.09. The molecule has 0 aliphatic heterocycles. The molecule has 2 aromatic rings. The number of hydrogen-bond donors (Lipinski definition) is 1. The summed E-state index contributed by atoms with van der Waals surface area (Å²) in [7, 11) is 3.33. The second-order valence-corrected chi connectivity index (χ2v) is 4.19. The summed E-state index contributed by atoms with van der Waals surface area (Å²) in [6.07, 6.45) is 0.651. The Hall–Kier alpha value is -2.28. The first-order chi connectivity index (χ1) is 9.60. The number of nitrogens with zero attached hydrogens (tertiary/aromatic N) is 3. The van der Waals surface area contributed by atoms with Crippen LogP contribution in [0.25, 0.3) is 0 Å². The molecule has 20 heavy (non-hydrogen) atoms. The number of halogens is 1. The highest BCUT2D eigenvalue weighted by Crippen LogP contribution is 2.11. The van der Waals surface area contributed by atoms with E-state index < -0.39 is 11.9 Å². The molecule has 0 fully saturated rings. The number of hydrogen-bond acceptors (Lipinski definition) is 4. The quantitative estimate of drug-likeness (QED) is 0.839. The van der Waals surface area contributed by atoms with Crippen molar-refractivity contribution in [3.8, 4) is 0 Å². The first kappa shape index (κ1) is 14.1. The third kappa shape index (κ3) is 3.39. The Morgan fingerprint density at radius 1 is 1.50 bits per heavy atom. The fourth-order valence-electron chi connectivity index (χ4n) is 1.69.